The minimum atomic E-state index is -0.224. The fraction of sp³-hybridized carbons (Fsp3) is 0.375. The molecule has 0 radical (unpaired) electrons. The molecule has 1 aromatic carbocycles. The first-order valence-electron chi connectivity index (χ1n) is 10.5. The zero-order valence-electron chi connectivity index (χ0n) is 18.0. The zero-order chi connectivity index (χ0) is 22.1. The molecule has 0 saturated carbocycles. The third kappa shape index (κ3) is 4.41. The lowest BCUT2D eigenvalue weighted by atomic mass is 9.89. The van der Waals surface area contributed by atoms with E-state index in [1.54, 1.807) is 23.5 Å². The van der Waals surface area contributed by atoms with E-state index in [1.165, 1.54) is 10.4 Å². The molecule has 0 saturated heterocycles. The predicted octanol–water partition coefficient (Wildman–Crippen LogP) is 3.72. The summed E-state index contributed by atoms with van der Waals surface area (Å²) in [6, 6.07) is 6.95. The van der Waals surface area contributed by atoms with E-state index < -0.39 is 0 Å². The fourth-order valence-electron chi connectivity index (χ4n) is 4.02. The second-order valence-electron chi connectivity index (χ2n) is 8.35. The van der Waals surface area contributed by atoms with Gasteiger partial charge in [-0.25, -0.2) is 4.98 Å². The second kappa shape index (κ2) is 8.66. The number of rotatable bonds is 5. The number of terminal acetylenes is 1. The summed E-state index contributed by atoms with van der Waals surface area (Å²) >= 11 is 1.64. The number of fused-ring (bicyclic) bond motifs is 3. The van der Waals surface area contributed by atoms with Gasteiger partial charge in [0.15, 0.2) is 0 Å². The molecule has 2 unspecified atom stereocenters. The molecule has 160 valence electrons. The van der Waals surface area contributed by atoms with Gasteiger partial charge >= 0.3 is 0 Å². The molecule has 0 aliphatic heterocycles. The first kappa shape index (κ1) is 21.3. The van der Waals surface area contributed by atoms with Crippen molar-refractivity contribution >= 4 is 33.1 Å². The third-order valence-electron chi connectivity index (χ3n) is 5.95. The van der Waals surface area contributed by atoms with Crippen LogP contribution in [0.5, 0.6) is 0 Å². The number of hydrogen-bond acceptors (Lipinski definition) is 5. The van der Waals surface area contributed by atoms with E-state index in [2.05, 4.69) is 23.1 Å². The highest BCUT2D eigenvalue weighted by atomic mass is 32.1. The van der Waals surface area contributed by atoms with E-state index in [0.717, 1.165) is 29.5 Å². The van der Waals surface area contributed by atoms with E-state index in [4.69, 9.17) is 11.4 Å². The molecule has 6 nitrogen and oxygen atoms in total. The number of aromatic amines is 1. The van der Waals surface area contributed by atoms with Crippen LogP contribution >= 0.6 is 11.3 Å². The largest absolute Gasteiger partial charge is 0.325 e. The summed E-state index contributed by atoms with van der Waals surface area (Å²) in [4.78, 5) is 37.0. The number of aryl methyl sites for hydroxylation is 1. The van der Waals surface area contributed by atoms with Crippen molar-refractivity contribution in [2.24, 2.45) is 5.92 Å². The number of hydrogen-bond donors (Lipinski definition) is 2. The summed E-state index contributed by atoms with van der Waals surface area (Å²) in [7, 11) is 1.84. The smallest absolute Gasteiger partial charge is 0.259 e. The molecule has 2 aromatic heterocycles. The Kier molecular flexibility index (Phi) is 5.94. The van der Waals surface area contributed by atoms with Crippen molar-refractivity contribution in [1.82, 2.24) is 14.9 Å². The van der Waals surface area contributed by atoms with Crippen LogP contribution in [-0.2, 0) is 17.6 Å². The molecule has 0 fully saturated rings. The number of H-pyrrole nitrogens is 1. The van der Waals surface area contributed by atoms with Gasteiger partial charge in [-0.1, -0.05) is 18.9 Å². The minimum Gasteiger partial charge on any atom is -0.325 e. The lowest BCUT2D eigenvalue weighted by Gasteiger charge is -2.23. The van der Waals surface area contributed by atoms with Crippen LogP contribution in [0.25, 0.3) is 10.2 Å². The summed E-state index contributed by atoms with van der Waals surface area (Å²) in [5, 5.41) is 3.61. The molecule has 0 spiro atoms. The summed E-state index contributed by atoms with van der Waals surface area (Å²) in [5.41, 5.74) is 2.46. The molecule has 1 amide bonds. The van der Waals surface area contributed by atoms with Crippen molar-refractivity contribution in [3.05, 3.63) is 56.4 Å². The number of thiophene rings is 1. The first-order valence-corrected chi connectivity index (χ1v) is 11.3. The van der Waals surface area contributed by atoms with Crippen LogP contribution in [0.15, 0.2) is 29.1 Å². The lowest BCUT2D eigenvalue weighted by molar-refractivity contribution is -0.117. The minimum absolute atomic E-state index is 0.0807. The molecule has 4 rings (SSSR count). The second-order valence-corrected chi connectivity index (χ2v) is 9.43. The van der Waals surface area contributed by atoms with Gasteiger partial charge in [0.05, 0.1) is 18.0 Å². The maximum Gasteiger partial charge on any atom is 0.259 e. The SMILES string of the molecule is C#Cc1cccc(NC(=O)CN(C)C(C)c2nc3sc4c(c3c(=O)[nH]2)CCC(C)C4)c1. The molecule has 2 heterocycles. The molecule has 2 N–H and O–H groups in total. The van der Waals surface area contributed by atoms with Gasteiger partial charge in [0, 0.05) is 16.1 Å². The Morgan fingerprint density at radius 3 is 3.06 bits per heavy atom. The van der Waals surface area contributed by atoms with Gasteiger partial charge in [-0.05, 0) is 62.9 Å². The van der Waals surface area contributed by atoms with Gasteiger partial charge in [0.1, 0.15) is 10.7 Å². The number of nitrogens with one attached hydrogen (secondary N) is 2. The van der Waals surface area contributed by atoms with E-state index in [1.807, 2.05) is 31.0 Å². The number of carbonyl (C=O) groups is 1. The Balaban J connectivity index is 1.50. The quantitative estimate of drug-likeness (QED) is 0.600. The first-order chi connectivity index (χ1) is 14.9. The predicted molar refractivity (Wildman–Crippen MR) is 125 cm³/mol. The average Bonchev–Trinajstić information content (AvgIpc) is 3.10. The highest BCUT2D eigenvalue weighted by Gasteiger charge is 2.24. The highest BCUT2D eigenvalue weighted by molar-refractivity contribution is 7.18. The van der Waals surface area contributed by atoms with Crippen LogP contribution in [0.3, 0.4) is 0 Å². The number of carbonyl (C=O) groups excluding carboxylic acids is 1. The van der Waals surface area contributed by atoms with E-state index in [9.17, 15) is 9.59 Å². The molecule has 1 aliphatic rings. The number of benzene rings is 1. The number of amides is 1. The molecule has 2 atom stereocenters. The van der Waals surface area contributed by atoms with E-state index in [0.29, 0.717) is 23.0 Å². The Morgan fingerprint density at radius 1 is 1.48 bits per heavy atom. The summed E-state index contributed by atoms with van der Waals surface area (Å²) in [6.45, 7) is 4.34. The number of anilines is 1. The Morgan fingerprint density at radius 2 is 2.29 bits per heavy atom. The lowest BCUT2D eigenvalue weighted by Crippen LogP contribution is -2.33. The van der Waals surface area contributed by atoms with Gasteiger partial charge < -0.3 is 10.3 Å². The van der Waals surface area contributed by atoms with Gasteiger partial charge in [-0.2, -0.15) is 0 Å². The Labute approximate surface area is 185 Å². The van der Waals surface area contributed by atoms with Gasteiger partial charge in [-0.3, -0.25) is 14.5 Å². The number of nitrogens with zero attached hydrogens (tertiary/aromatic N) is 2. The van der Waals surface area contributed by atoms with Crippen molar-refractivity contribution in [3.8, 4) is 12.3 Å². The standard InChI is InChI=1S/C24H26N4O2S/c1-5-16-7-6-8-17(12-16)25-20(29)13-28(4)15(3)22-26-23(30)21-18-10-9-14(2)11-19(18)31-24(21)27-22/h1,6-8,12,14-15H,9-11,13H2,2-4H3,(H,25,29)(H,26,27,30). The molecular formula is C24H26N4O2S. The summed E-state index contributed by atoms with van der Waals surface area (Å²) in [5.74, 6) is 3.62. The Bertz CT molecular complexity index is 1240. The van der Waals surface area contributed by atoms with Gasteiger partial charge in [0.25, 0.3) is 5.56 Å². The molecule has 3 aromatic rings. The Hall–Kier alpha value is -2.95. The van der Waals surface area contributed by atoms with E-state index >= 15 is 0 Å². The van der Waals surface area contributed by atoms with Crippen LogP contribution in [0.2, 0.25) is 0 Å². The van der Waals surface area contributed by atoms with Gasteiger partial charge in [0.2, 0.25) is 5.91 Å². The third-order valence-corrected chi connectivity index (χ3v) is 7.09. The van der Waals surface area contributed by atoms with Crippen molar-refractivity contribution in [2.45, 2.75) is 39.2 Å². The summed E-state index contributed by atoms with van der Waals surface area (Å²) < 4.78 is 0. The van der Waals surface area contributed by atoms with Crippen LogP contribution in [0.4, 0.5) is 5.69 Å². The molecule has 0 bridgehead atoms. The van der Waals surface area contributed by atoms with Crippen molar-refractivity contribution in [1.29, 1.82) is 0 Å². The molecule has 31 heavy (non-hydrogen) atoms. The monoisotopic (exact) mass is 434 g/mol. The normalized spacial score (nSPS) is 16.7. The molecule has 7 heteroatoms. The van der Waals surface area contributed by atoms with Crippen LogP contribution < -0.4 is 10.9 Å². The van der Waals surface area contributed by atoms with E-state index in [-0.39, 0.29) is 24.1 Å². The molecule has 1 aliphatic carbocycles. The fourth-order valence-corrected chi connectivity index (χ4v) is 5.41. The van der Waals surface area contributed by atoms with Crippen LogP contribution in [-0.4, -0.2) is 34.4 Å². The van der Waals surface area contributed by atoms with Crippen molar-refractivity contribution < 1.29 is 4.79 Å². The summed E-state index contributed by atoms with van der Waals surface area (Å²) in [6.07, 6.45) is 8.49. The zero-order valence-corrected chi connectivity index (χ0v) is 18.8. The van der Waals surface area contributed by atoms with Crippen LogP contribution in [0.1, 0.15) is 48.1 Å². The van der Waals surface area contributed by atoms with Crippen molar-refractivity contribution in [3.63, 3.8) is 0 Å². The number of aromatic nitrogens is 2. The maximum absolute atomic E-state index is 12.9. The average molecular weight is 435 g/mol. The highest BCUT2D eigenvalue weighted by Crippen LogP contribution is 2.36. The van der Waals surface area contributed by atoms with Crippen LogP contribution in [0, 0.1) is 18.3 Å². The molecular weight excluding hydrogens is 408 g/mol. The topological polar surface area (TPSA) is 78.1 Å². The maximum atomic E-state index is 12.9. The number of likely N-dealkylation sites (N-methyl/N-ethyl adjacent to an activating group) is 1. The van der Waals surface area contributed by atoms with Gasteiger partial charge in [-0.15, -0.1) is 17.8 Å². The van der Waals surface area contributed by atoms with Crippen molar-refractivity contribution in [2.75, 3.05) is 18.9 Å².